The zero-order valence-corrected chi connectivity index (χ0v) is 12.7. The molecule has 112 valence electrons. The van der Waals surface area contributed by atoms with Gasteiger partial charge >= 0.3 is 0 Å². The second kappa shape index (κ2) is 5.98. The summed E-state index contributed by atoms with van der Waals surface area (Å²) < 4.78 is 12.5. The molecule has 0 saturated carbocycles. The summed E-state index contributed by atoms with van der Waals surface area (Å²) in [6.07, 6.45) is 4.92. The fourth-order valence-electron chi connectivity index (χ4n) is 1.82. The van der Waals surface area contributed by atoms with Gasteiger partial charge < -0.3 is 9.47 Å². The van der Waals surface area contributed by atoms with Gasteiger partial charge in [0, 0.05) is 13.2 Å². The van der Waals surface area contributed by atoms with Gasteiger partial charge in [-0.2, -0.15) is 10.1 Å². The molecule has 0 aliphatic carbocycles. The van der Waals surface area contributed by atoms with E-state index in [4.69, 9.17) is 21.1 Å². The molecule has 0 fully saturated rings. The van der Waals surface area contributed by atoms with E-state index >= 15 is 0 Å². The molecule has 3 aromatic heterocycles. The third kappa shape index (κ3) is 2.84. The summed E-state index contributed by atoms with van der Waals surface area (Å²) in [6, 6.07) is 5.43. The Morgan fingerprint density at radius 1 is 1.23 bits per heavy atom. The molecule has 7 nitrogen and oxygen atoms in total. The standard InChI is InChI=1S/C14H12ClN5O2/c1-20-8-9(7-17-20)22-14-11(21-2)12(15)18-13(19-14)10-5-3-4-6-16-10/h3-8H,1-2H3. The number of ether oxygens (including phenoxy) is 2. The summed E-state index contributed by atoms with van der Waals surface area (Å²) in [6.45, 7) is 0. The molecule has 22 heavy (non-hydrogen) atoms. The van der Waals surface area contributed by atoms with Crippen molar-refractivity contribution in [3.05, 3.63) is 41.9 Å². The number of aryl methyl sites for hydroxylation is 1. The average Bonchev–Trinajstić information content (AvgIpc) is 2.93. The van der Waals surface area contributed by atoms with E-state index in [1.807, 2.05) is 12.1 Å². The maximum absolute atomic E-state index is 6.15. The monoisotopic (exact) mass is 317 g/mol. The molecule has 0 aromatic carbocycles. The molecule has 8 heteroatoms. The summed E-state index contributed by atoms with van der Waals surface area (Å²) in [7, 11) is 3.26. The van der Waals surface area contributed by atoms with Crippen molar-refractivity contribution in [2.24, 2.45) is 7.05 Å². The van der Waals surface area contributed by atoms with Crippen LogP contribution in [0.15, 0.2) is 36.8 Å². The van der Waals surface area contributed by atoms with Gasteiger partial charge in [0.2, 0.25) is 5.75 Å². The molecular weight excluding hydrogens is 306 g/mol. The highest BCUT2D eigenvalue weighted by molar-refractivity contribution is 6.31. The van der Waals surface area contributed by atoms with Gasteiger partial charge in [0.1, 0.15) is 5.69 Å². The SMILES string of the molecule is COc1c(Cl)nc(-c2ccccn2)nc1Oc1cnn(C)c1. The van der Waals surface area contributed by atoms with Crippen LogP contribution < -0.4 is 9.47 Å². The first-order chi connectivity index (χ1) is 10.7. The van der Waals surface area contributed by atoms with E-state index in [-0.39, 0.29) is 16.8 Å². The van der Waals surface area contributed by atoms with Crippen molar-refractivity contribution in [1.29, 1.82) is 0 Å². The lowest BCUT2D eigenvalue weighted by molar-refractivity contribution is 0.368. The molecule has 0 saturated heterocycles. The van der Waals surface area contributed by atoms with Crippen molar-refractivity contribution in [1.82, 2.24) is 24.7 Å². The molecule has 0 atom stereocenters. The fraction of sp³-hybridized carbons (Fsp3) is 0.143. The Morgan fingerprint density at radius 3 is 2.73 bits per heavy atom. The van der Waals surface area contributed by atoms with Crippen LogP contribution in [0.1, 0.15) is 0 Å². The highest BCUT2D eigenvalue weighted by Gasteiger charge is 2.18. The van der Waals surface area contributed by atoms with E-state index in [0.29, 0.717) is 17.3 Å². The minimum Gasteiger partial charge on any atom is -0.489 e. The van der Waals surface area contributed by atoms with Crippen molar-refractivity contribution in [2.45, 2.75) is 0 Å². The summed E-state index contributed by atoms with van der Waals surface area (Å²) in [5, 5.41) is 4.18. The van der Waals surface area contributed by atoms with Crippen LogP contribution in [-0.4, -0.2) is 31.8 Å². The molecular formula is C14H12ClN5O2. The van der Waals surface area contributed by atoms with E-state index in [0.717, 1.165) is 0 Å². The summed E-state index contributed by atoms with van der Waals surface area (Å²) in [5.74, 6) is 1.33. The van der Waals surface area contributed by atoms with Gasteiger partial charge in [-0.05, 0) is 12.1 Å². The van der Waals surface area contributed by atoms with Crippen LogP contribution in [0.5, 0.6) is 17.4 Å². The number of hydrogen-bond donors (Lipinski definition) is 0. The highest BCUT2D eigenvalue weighted by Crippen LogP contribution is 2.36. The first kappa shape index (κ1) is 14.3. The molecule has 0 unspecified atom stereocenters. The molecule has 0 aliphatic heterocycles. The van der Waals surface area contributed by atoms with Crippen LogP contribution in [-0.2, 0) is 7.05 Å². The van der Waals surface area contributed by atoms with Gasteiger partial charge in [0.25, 0.3) is 5.88 Å². The third-order valence-electron chi connectivity index (χ3n) is 2.79. The second-order valence-corrected chi connectivity index (χ2v) is 4.70. The van der Waals surface area contributed by atoms with Gasteiger partial charge in [-0.1, -0.05) is 17.7 Å². The topological polar surface area (TPSA) is 75.0 Å². The van der Waals surface area contributed by atoms with Crippen molar-refractivity contribution in [2.75, 3.05) is 7.11 Å². The van der Waals surface area contributed by atoms with Crippen LogP contribution in [0.3, 0.4) is 0 Å². The third-order valence-corrected chi connectivity index (χ3v) is 3.04. The van der Waals surface area contributed by atoms with Crippen molar-refractivity contribution in [3.63, 3.8) is 0 Å². The maximum Gasteiger partial charge on any atom is 0.268 e. The molecule has 3 aromatic rings. The van der Waals surface area contributed by atoms with Crippen LogP contribution in [0.2, 0.25) is 5.15 Å². The van der Waals surface area contributed by atoms with E-state index in [1.54, 1.807) is 36.4 Å². The fourth-order valence-corrected chi connectivity index (χ4v) is 2.06. The molecule has 0 spiro atoms. The quantitative estimate of drug-likeness (QED) is 0.689. The van der Waals surface area contributed by atoms with Crippen molar-refractivity contribution >= 4 is 11.6 Å². The summed E-state index contributed by atoms with van der Waals surface area (Å²) >= 11 is 6.15. The van der Waals surface area contributed by atoms with E-state index in [1.165, 1.54) is 7.11 Å². The van der Waals surface area contributed by atoms with Gasteiger partial charge in [-0.15, -0.1) is 0 Å². The van der Waals surface area contributed by atoms with Gasteiger partial charge in [-0.3, -0.25) is 9.67 Å². The number of aromatic nitrogens is 5. The Hall–Kier alpha value is -2.67. The van der Waals surface area contributed by atoms with Crippen LogP contribution >= 0.6 is 11.6 Å². The zero-order chi connectivity index (χ0) is 15.5. The Balaban J connectivity index is 2.05. The summed E-state index contributed by atoms with van der Waals surface area (Å²) in [5.41, 5.74) is 0.586. The number of hydrogen-bond acceptors (Lipinski definition) is 6. The van der Waals surface area contributed by atoms with E-state index in [9.17, 15) is 0 Å². The lowest BCUT2D eigenvalue weighted by atomic mass is 10.3. The number of pyridine rings is 1. The first-order valence-corrected chi connectivity index (χ1v) is 6.74. The lowest BCUT2D eigenvalue weighted by Gasteiger charge is -2.10. The Labute approximate surface area is 131 Å². The lowest BCUT2D eigenvalue weighted by Crippen LogP contribution is -1.99. The zero-order valence-electron chi connectivity index (χ0n) is 11.9. The minimum absolute atomic E-state index is 0.150. The highest BCUT2D eigenvalue weighted by atomic mass is 35.5. The molecule has 0 bridgehead atoms. The second-order valence-electron chi connectivity index (χ2n) is 4.34. The number of halogens is 1. The number of rotatable bonds is 4. The first-order valence-electron chi connectivity index (χ1n) is 6.37. The van der Waals surface area contributed by atoms with Crippen molar-refractivity contribution in [3.8, 4) is 28.9 Å². The van der Waals surface area contributed by atoms with Crippen molar-refractivity contribution < 1.29 is 9.47 Å². The van der Waals surface area contributed by atoms with Crippen LogP contribution in [0.25, 0.3) is 11.5 Å². The number of methoxy groups -OCH3 is 1. The molecule has 0 amide bonds. The Morgan fingerprint density at radius 2 is 2.09 bits per heavy atom. The van der Waals surface area contributed by atoms with E-state index < -0.39 is 0 Å². The Kier molecular flexibility index (Phi) is 3.88. The molecule has 3 heterocycles. The largest absolute Gasteiger partial charge is 0.489 e. The smallest absolute Gasteiger partial charge is 0.268 e. The molecule has 3 rings (SSSR count). The molecule has 0 radical (unpaired) electrons. The Bertz CT molecular complexity index is 791. The number of nitrogens with zero attached hydrogens (tertiary/aromatic N) is 5. The maximum atomic E-state index is 6.15. The molecule has 0 aliphatic rings. The molecule has 0 N–H and O–H groups in total. The normalized spacial score (nSPS) is 10.5. The predicted molar refractivity (Wildman–Crippen MR) is 80.1 cm³/mol. The van der Waals surface area contributed by atoms with Crippen LogP contribution in [0, 0.1) is 0 Å². The van der Waals surface area contributed by atoms with E-state index in [2.05, 4.69) is 20.1 Å². The minimum atomic E-state index is 0.150. The van der Waals surface area contributed by atoms with Gasteiger partial charge in [-0.25, -0.2) is 4.98 Å². The van der Waals surface area contributed by atoms with Crippen LogP contribution in [0.4, 0.5) is 0 Å². The predicted octanol–water partition coefficient (Wildman–Crippen LogP) is 2.73. The van der Waals surface area contributed by atoms with Gasteiger partial charge in [0.05, 0.1) is 19.5 Å². The summed E-state index contributed by atoms with van der Waals surface area (Å²) in [4.78, 5) is 12.7. The van der Waals surface area contributed by atoms with Gasteiger partial charge in [0.15, 0.2) is 16.7 Å². The average molecular weight is 318 g/mol.